The van der Waals surface area contributed by atoms with Crippen molar-refractivity contribution < 1.29 is 4.74 Å². The summed E-state index contributed by atoms with van der Waals surface area (Å²) in [5.41, 5.74) is 1.19. The van der Waals surface area contributed by atoms with E-state index in [1.54, 1.807) is 7.11 Å². The summed E-state index contributed by atoms with van der Waals surface area (Å²) >= 11 is 0. The van der Waals surface area contributed by atoms with Crippen LogP contribution in [0.4, 0.5) is 5.82 Å². The highest BCUT2D eigenvalue weighted by atomic mass is 16.5. The normalized spacial score (nSPS) is 17.1. The number of piperidine rings is 1. The van der Waals surface area contributed by atoms with Gasteiger partial charge in [-0.15, -0.1) is 0 Å². The molecule has 16 heavy (non-hydrogen) atoms. The number of pyridine rings is 1. The Balaban J connectivity index is 2.27. The molecule has 2 rings (SSSR count). The third kappa shape index (κ3) is 2.22. The highest BCUT2D eigenvalue weighted by molar-refractivity contribution is 5.47. The summed E-state index contributed by atoms with van der Waals surface area (Å²) in [4.78, 5) is 8.06. The Morgan fingerprint density at radius 3 is 2.88 bits per heavy atom. The van der Waals surface area contributed by atoms with Crippen LogP contribution in [-0.4, -0.2) is 31.9 Å². The first-order valence-corrected chi connectivity index (χ1v) is 5.56. The first-order chi connectivity index (χ1) is 7.85. The van der Waals surface area contributed by atoms with Gasteiger partial charge in [-0.1, -0.05) is 0 Å². The standard InChI is InChI=1S/C12H17N3O/c1-13-12-7-11(16-2)10(8-15-12)9-3-5-14-6-4-9/h7-9,14H,1,3-6H2,2H3. The highest BCUT2D eigenvalue weighted by Gasteiger charge is 2.19. The molecule has 0 saturated carbocycles. The van der Waals surface area contributed by atoms with Gasteiger partial charge in [-0.2, -0.15) is 0 Å². The van der Waals surface area contributed by atoms with Crippen molar-refractivity contribution in [2.75, 3.05) is 20.2 Å². The van der Waals surface area contributed by atoms with E-state index in [1.165, 1.54) is 5.56 Å². The van der Waals surface area contributed by atoms with Gasteiger partial charge in [0.15, 0.2) is 5.82 Å². The molecule has 0 aliphatic carbocycles. The van der Waals surface area contributed by atoms with Crippen LogP contribution in [0.2, 0.25) is 0 Å². The van der Waals surface area contributed by atoms with Crippen molar-refractivity contribution in [2.45, 2.75) is 18.8 Å². The van der Waals surface area contributed by atoms with Gasteiger partial charge in [0.25, 0.3) is 0 Å². The zero-order valence-electron chi connectivity index (χ0n) is 9.57. The Hall–Kier alpha value is -1.42. The van der Waals surface area contributed by atoms with E-state index in [0.717, 1.165) is 31.7 Å². The Kier molecular flexibility index (Phi) is 3.51. The van der Waals surface area contributed by atoms with E-state index in [1.807, 2.05) is 12.3 Å². The number of nitrogens with one attached hydrogen (secondary N) is 1. The lowest BCUT2D eigenvalue weighted by molar-refractivity contribution is 0.391. The zero-order valence-corrected chi connectivity index (χ0v) is 9.57. The maximum absolute atomic E-state index is 5.39. The quantitative estimate of drug-likeness (QED) is 0.790. The van der Waals surface area contributed by atoms with Crippen LogP contribution in [-0.2, 0) is 0 Å². The molecule has 0 atom stereocenters. The highest BCUT2D eigenvalue weighted by Crippen LogP contribution is 2.33. The van der Waals surface area contributed by atoms with E-state index >= 15 is 0 Å². The second-order valence-electron chi connectivity index (χ2n) is 3.97. The van der Waals surface area contributed by atoms with Gasteiger partial charge in [0.1, 0.15) is 5.75 Å². The zero-order chi connectivity index (χ0) is 11.4. The lowest BCUT2D eigenvalue weighted by Crippen LogP contribution is -2.26. The van der Waals surface area contributed by atoms with Gasteiger partial charge in [-0.05, 0) is 38.6 Å². The van der Waals surface area contributed by atoms with Crippen LogP contribution in [0, 0.1) is 0 Å². The molecule has 0 unspecified atom stereocenters. The third-order valence-electron chi connectivity index (χ3n) is 3.04. The number of methoxy groups -OCH3 is 1. The maximum Gasteiger partial charge on any atom is 0.154 e. The molecule has 0 aromatic carbocycles. The van der Waals surface area contributed by atoms with Crippen molar-refractivity contribution in [1.82, 2.24) is 10.3 Å². The van der Waals surface area contributed by atoms with Crippen LogP contribution < -0.4 is 10.1 Å². The van der Waals surface area contributed by atoms with Gasteiger partial charge in [0.2, 0.25) is 0 Å². The molecular weight excluding hydrogens is 202 g/mol. The average Bonchev–Trinajstić information content (AvgIpc) is 2.39. The summed E-state index contributed by atoms with van der Waals surface area (Å²) in [7, 11) is 1.69. The van der Waals surface area contributed by atoms with E-state index in [0.29, 0.717) is 11.7 Å². The van der Waals surface area contributed by atoms with Crippen LogP contribution in [0.1, 0.15) is 24.3 Å². The predicted octanol–water partition coefficient (Wildman–Crippen LogP) is 1.89. The van der Waals surface area contributed by atoms with Crippen molar-refractivity contribution in [3.05, 3.63) is 17.8 Å². The molecule has 1 aliphatic rings. The topological polar surface area (TPSA) is 46.5 Å². The summed E-state index contributed by atoms with van der Waals surface area (Å²) < 4.78 is 5.39. The second kappa shape index (κ2) is 5.07. The molecule has 1 aliphatic heterocycles. The lowest BCUT2D eigenvalue weighted by atomic mass is 9.91. The van der Waals surface area contributed by atoms with Crippen LogP contribution in [0.5, 0.6) is 5.75 Å². The van der Waals surface area contributed by atoms with Gasteiger partial charge in [-0.3, -0.25) is 0 Å². The van der Waals surface area contributed by atoms with Crippen LogP contribution in [0.3, 0.4) is 0 Å². The molecule has 4 nitrogen and oxygen atoms in total. The Morgan fingerprint density at radius 1 is 1.50 bits per heavy atom. The third-order valence-corrected chi connectivity index (χ3v) is 3.04. The Morgan fingerprint density at radius 2 is 2.25 bits per heavy atom. The van der Waals surface area contributed by atoms with E-state index in [9.17, 15) is 0 Å². The van der Waals surface area contributed by atoms with Gasteiger partial charge < -0.3 is 10.1 Å². The first kappa shape index (κ1) is 11.1. The molecule has 1 N–H and O–H groups in total. The molecule has 2 heterocycles. The molecule has 1 fully saturated rings. The molecule has 86 valence electrons. The number of aliphatic imine (C=N–C) groups is 1. The van der Waals surface area contributed by atoms with Crippen LogP contribution >= 0.6 is 0 Å². The fourth-order valence-electron chi connectivity index (χ4n) is 2.14. The predicted molar refractivity (Wildman–Crippen MR) is 64.8 cm³/mol. The molecular formula is C12H17N3O. The second-order valence-corrected chi connectivity index (χ2v) is 3.97. The van der Waals surface area contributed by atoms with Crippen molar-refractivity contribution in [3.63, 3.8) is 0 Å². The summed E-state index contributed by atoms with van der Waals surface area (Å²) in [6, 6.07) is 1.85. The molecule has 0 spiro atoms. The smallest absolute Gasteiger partial charge is 0.154 e. The molecule has 0 radical (unpaired) electrons. The minimum Gasteiger partial charge on any atom is -0.496 e. The van der Waals surface area contributed by atoms with Gasteiger partial charge in [0, 0.05) is 17.8 Å². The fraction of sp³-hybridized carbons (Fsp3) is 0.500. The SMILES string of the molecule is C=Nc1cc(OC)c(C2CCNCC2)cn1. The van der Waals surface area contributed by atoms with E-state index in [2.05, 4.69) is 22.0 Å². The lowest BCUT2D eigenvalue weighted by Gasteiger charge is -2.24. The first-order valence-electron chi connectivity index (χ1n) is 5.56. The van der Waals surface area contributed by atoms with Gasteiger partial charge in [-0.25, -0.2) is 9.98 Å². The number of hydrogen-bond donors (Lipinski definition) is 1. The number of ether oxygens (including phenoxy) is 1. The average molecular weight is 219 g/mol. The van der Waals surface area contributed by atoms with E-state index < -0.39 is 0 Å². The maximum atomic E-state index is 5.39. The van der Waals surface area contributed by atoms with Crippen molar-refractivity contribution in [2.24, 2.45) is 4.99 Å². The summed E-state index contributed by atoms with van der Waals surface area (Å²) in [5.74, 6) is 2.04. The summed E-state index contributed by atoms with van der Waals surface area (Å²) in [6.45, 7) is 5.60. The van der Waals surface area contributed by atoms with E-state index in [4.69, 9.17) is 4.74 Å². The number of nitrogens with zero attached hydrogens (tertiary/aromatic N) is 2. The van der Waals surface area contributed by atoms with Crippen LogP contribution in [0.25, 0.3) is 0 Å². The minimum atomic E-state index is 0.544. The minimum absolute atomic E-state index is 0.544. The number of hydrogen-bond acceptors (Lipinski definition) is 4. The van der Waals surface area contributed by atoms with E-state index in [-0.39, 0.29) is 0 Å². The largest absolute Gasteiger partial charge is 0.496 e. The Bertz CT molecular complexity index is 373. The molecule has 0 amide bonds. The Labute approximate surface area is 95.8 Å². The number of aromatic nitrogens is 1. The van der Waals surface area contributed by atoms with Crippen molar-refractivity contribution >= 4 is 12.5 Å². The summed E-state index contributed by atoms with van der Waals surface area (Å²) in [6.07, 6.45) is 4.15. The molecule has 1 saturated heterocycles. The van der Waals surface area contributed by atoms with Gasteiger partial charge >= 0.3 is 0 Å². The van der Waals surface area contributed by atoms with Crippen molar-refractivity contribution in [3.8, 4) is 5.75 Å². The number of rotatable bonds is 3. The molecule has 1 aromatic rings. The molecule has 0 bridgehead atoms. The monoisotopic (exact) mass is 219 g/mol. The van der Waals surface area contributed by atoms with Crippen molar-refractivity contribution in [1.29, 1.82) is 0 Å². The summed E-state index contributed by atoms with van der Waals surface area (Å²) in [5, 5.41) is 3.35. The fourth-order valence-corrected chi connectivity index (χ4v) is 2.14. The molecule has 1 aromatic heterocycles. The molecule has 4 heteroatoms. The van der Waals surface area contributed by atoms with Gasteiger partial charge in [0.05, 0.1) is 7.11 Å². The van der Waals surface area contributed by atoms with Crippen LogP contribution in [0.15, 0.2) is 17.3 Å².